The second-order valence-corrected chi connectivity index (χ2v) is 7.17. The summed E-state index contributed by atoms with van der Waals surface area (Å²) in [6, 6.07) is 14.2. The fourth-order valence-corrected chi connectivity index (χ4v) is 3.09. The van der Waals surface area contributed by atoms with Crippen LogP contribution in [0.25, 0.3) is 10.9 Å². The molecule has 0 spiro atoms. The summed E-state index contributed by atoms with van der Waals surface area (Å²) in [6.45, 7) is 3.99. The molecule has 5 heteroatoms. The van der Waals surface area contributed by atoms with Gasteiger partial charge in [-0.1, -0.05) is 55.8 Å². The third kappa shape index (κ3) is 3.97. The van der Waals surface area contributed by atoms with E-state index in [1.807, 2.05) is 50.2 Å². The van der Waals surface area contributed by atoms with Gasteiger partial charge in [-0.15, -0.1) is 0 Å². The van der Waals surface area contributed by atoms with Crippen LogP contribution in [0.1, 0.15) is 37.4 Å². The predicted octanol–water partition coefficient (Wildman–Crippen LogP) is 4.85. The maximum Gasteiger partial charge on any atom is 0.221 e. The molecule has 0 radical (unpaired) electrons. The number of carbonyl (C=O) groups is 1. The molecule has 2 N–H and O–H groups in total. The van der Waals surface area contributed by atoms with Gasteiger partial charge in [0.15, 0.2) is 0 Å². The van der Waals surface area contributed by atoms with Gasteiger partial charge in [-0.05, 0) is 29.7 Å². The van der Waals surface area contributed by atoms with Crippen LogP contribution in [0.3, 0.4) is 0 Å². The molecule has 0 saturated carbocycles. The zero-order chi connectivity index (χ0) is 18.7. The van der Waals surface area contributed by atoms with E-state index >= 15 is 0 Å². The van der Waals surface area contributed by atoms with E-state index in [-0.39, 0.29) is 17.6 Å². The van der Waals surface area contributed by atoms with E-state index < -0.39 is 6.04 Å². The Bertz CT molecular complexity index is 923. The molecule has 1 heterocycles. The molecular weight excluding hydrogens is 348 g/mol. The monoisotopic (exact) mass is 368 g/mol. The summed E-state index contributed by atoms with van der Waals surface area (Å²) in [4.78, 5) is 16.7. The third-order valence-electron chi connectivity index (χ3n) is 4.19. The number of halogens is 1. The topological polar surface area (TPSA) is 62.2 Å². The highest BCUT2D eigenvalue weighted by atomic mass is 35.5. The van der Waals surface area contributed by atoms with Crippen LogP contribution in [0.4, 0.5) is 0 Å². The first-order valence-corrected chi connectivity index (χ1v) is 8.95. The van der Waals surface area contributed by atoms with Crippen molar-refractivity contribution in [2.45, 2.75) is 26.3 Å². The first kappa shape index (κ1) is 18.2. The lowest BCUT2D eigenvalue weighted by Crippen LogP contribution is -2.30. The molecule has 3 aromatic rings. The normalized spacial score (nSPS) is 12.3. The van der Waals surface area contributed by atoms with Crippen LogP contribution in [0.2, 0.25) is 5.02 Å². The van der Waals surface area contributed by atoms with E-state index in [0.717, 1.165) is 10.9 Å². The number of benzene rings is 2. The standard InChI is InChI=1S/C21H21ClN2O2/c1-13(2)12-18(25)24-19(15-5-8-16(22)9-6-15)17-10-7-14-4-3-11-23-20(14)21(17)26/h3-11,13,19,26H,12H2,1-2H3,(H,24,25). The predicted molar refractivity (Wildman–Crippen MR) is 104 cm³/mol. The van der Waals surface area contributed by atoms with Crippen LogP contribution in [-0.4, -0.2) is 16.0 Å². The van der Waals surface area contributed by atoms with Crippen molar-refractivity contribution in [3.05, 3.63) is 70.9 Å². The van der Waals surface area contributed by atoms with Crippen LogP contribution < -0.4 is 5.32 Å². The molecule has 0 fully saturated rings. The Balaban J connectivity index is 2.06. The van der Waals surface area contributed by atoms with E-state index in [0.29, 0.717) is 22.5 Å². The van der Waals surface area contributed by atoms with Crippen LogP contribution in [-0.2, 0) is 4.79 Å². The first-order chi connectivity index (χ1) is 12.5. The average Bonchev–Trinajstić information content (AvgIpc) is 2.61. The Kier molecular flexibility index (Phi) is 5.43. The molecule has 0 aliphatic carbocycles. The maximum atomic E-state index is 12.4. The van der Waals surface area contributed by atoms with Crippen molar-refractivity contribution in [2.24, 2.45) is 5.92 Å². The molecule has 134 valence electrons. The lowest BCUT2D eigenvalue weighted by atomic mass is 9.95. The van der Waals surface area contributed by atoms with Gasteiger partial charge < -0.3 is 10.4 Å². The fraction of sp³-hybridized carbons (Fsp3) is 0.238. The molecule has 0 aliphatic rings. The Morgan fingerprint density at radius 2 is 1.88 bits per heavy atom. The quantitative estimate of drug-likeness (QED) is 0.677. The van der Waals surface area contributed by atoms with Crippen molar-refractivity contribution in [3.63, 3.8) is 0 Å². The van der Waals surface area contributed by atoms with E-state index in [1.165, 1.54) is 0 Å². The molecule has 2 aromatic carbocycles. The maximum absolute atomic E-state index is 12.4. The zero-order valence-electron chi connectivity index (χ0n) is 14.7. The van der Waals surface area contributed by atoms with Gasteiger partial charge in [-0.25, -0.2) is 0 Å². The van der Waals surface area contributed by atoms with Gasteiger partial charge in [-0.2, -0.15) is 0 Å². The lowest BCUT2D eigenvalue weighted by Gasteiger charge is -2.22. The van der Waals surface area contributed by atoms with Crippen LogP contribution in [0.15, 0.2) is 54.7 Å². The van der Waals surface area contributed by atoms with Crippen molar-refractivity contribution in [1.82, 2.24) is 10.3 Å². The number of nitrogens with zero attached hydrogens (tertiary/aromatic N) is 1. The summed E-state index contributed by atoms with van der Waals surface area (Å²) in [5, 5.41) is 15.3. The smallest absolute Gasteiger partial charge is 0.221 e. The number of aromatic hydroxyl groups is 1. The van der Waals surface area contributed by atoms with Gasteiger partial charge in [0.05, 0.1) is 6.04 Å². The molecule has 0 saturated heterocycles. The minimum Gasteiger partial charge on any atom is -0.505 e. The van der Waals surface area contributed by atoms with Gasteiger partial charge in [-0.3, -0.25) is 9.78 Å². The summed E-state index contributed by atoms with van der Waals surface area (Å²) in [5.41, 5.74) is 1.97. The second-order valence-electron chi connectivity index (χ2n) is 6.73. The molecule has 3 rings (SSSR count). The van der Waals surface area contributed by atoms with Gasteiger partial charge >= 0.3 is 0 Å². The van der Waals surface area contributed by atoms with Crippen molar-refractivity contribution >= 4 is 28.4 Å². The Labute approximate surface area is 157 Å². The minimum absolute atomic E-state index is 0.0690. The summed E-state index contributed by atoms with van der Waals surface area (Å²) >= 11 is 6.00. The largest absolute Gasteiger partial charge is 0.505 e. The number of amides is 1. The van der Waals surface area contributed by atoms with E-state index in [2.05, 4.69) is 10.3 Å². The number of fused-ring (bicyclic) bond motifs is 1. The third-order valence-corrected chi connectivity index (χ3v) is 4.44. The molecule has 1 aromatic heterocycles. The van der Waals surface area contributed by atoms with E-state index in [9.17, 15) is 9.90 Å². The fourth-order valence-electron chi connectivity index (χ4n) is 2.96. The van der Waals surface area contributed by atoms with Gasteiger partial charge in [0.1, 0.15) is 11.3 Å². The number of carbonyl (C=O) groups excluding carboxylic acids is 1. The number of rotatable bonds is 5. The molecule has 4 nitrogen and oxygen atoms in total. The van der Waals surface area contributed by atoms with E-state index in [4.69, 9.17) is 11.6 Å². The van der Waals surface area contributed by atoms with Crippen LogP contribution in [0.5, 0.6) is 5.75 Å². The Hall–Kier alpha value is -2.59. The average molecular weight is 369 g/mol. The van der Waals surface area contributed by atoms with Crippen molar-refractivity contribution in [3.8, 4) is 5.75 Å². The number of nitrogens with one attached hydrogen (secondary N) is 1. The van der Waals surface area contributed by atoms with Crippen LogP contribution in [0, 0.1) is 5.92 Å². The first-order valence-electron chi connectivity index (χ1n) is 8.57. The Morgan fingerprint density at radius 3 is 2.58 bits per heavy atom. The molecule has 1 amide bonds. The zero-order valence-corrected chi connectivity index (χ0v) is 15.5. The summed E-state index contributed by atoms with van der Waals surface area (Å²) in [7, 11) is 0. The molecule has 1 unspecified atom stereocenters. The van der Waals surface area contributed by atoms with Gasteiger partial charge in [0, 0.05) is 28.6 Å². The molecular formula is C21H21ClN2O2. The Morgan fingerprint density at radius 1 is 1.15 bits per heavy atom. The van der Waals surface area contributed by atoms with Crippen molar-refractivity contribution in [1.29, 1.82) is 0 Å². The molecule has 0 aliphatic heterocycles. The van der Waals surface area contributed by atoms with E-state index in [1.54, 1.807) is 18.3 Å². The molecule has 0 bridgehead atoms. The second kappa shape index (κ2) is 7.75. The number of pyridine rings is 1. The van der Waals surface area contributed by atoms with Crippen LogP contribution >= 0.6 is 11.6 Å². The van der Waals surface area contributed by atoms with Crippen molar-refractivity contribution < 1.29 is 9.90 Å². The number of phenols is 1. The summed E-state index contributed by atoms with van der Waals surface area (Å²) in [6.07, 6.45) is 2.05. The minimum atomic E-state index is -0.482. The highest BCUT2D eigenvalue weighted by molar-refractivity contribution is 6.30. The highest BCUT2D eigenvalue weighted by Crippen LogP contribution is 2.34. The molecule has 1 atom stereocenters. The number of phenolic OH excluding ortho intramolecular Hbond substituents is 1. The summed E-state index contributed by atoms with van der Waals surface area (Å²) < 4.78 is 0. The lowest BCUT2D eigenvalue weighted by molar-refractivity contribution is -0.122. The summed E-state index contributed by atoms with van der Waals surface area (Å²) in [5.74, 6) is 0.251. The van der Waals surface area contributed by atoms with Gasteiger partial charge in [0.2, 0.25) is 5.91 Å². The number of hydrogen-bond acceptors (Lipinski definition) is 3. The SMILES string of the molecule is CC(C)CC(=O)NC(c1ccc(Cl)cc1)c1ccc2cccnc2c1O. The number of aromatic nitrogens is 1. The molecule has 26 heavy (non-hydrogen) atoms. The van der Waals surface area contributed by atoms with Gasteiger partial charge in [0.25, 0.3) is 0 Å². The highest BCUT2D eigenvalue weighted by Gasteiger charge is 2.22. The number of hydrogen-bond donors (Lipinski definition) is 2. The van der Waals surface area contributed by atoms with Crippen molar-refractivity contribution in [2.75, 3.05) is 0 Å².